The quantitative estimate of drug-likeness (QED) is 0.414. The molecule has 0 aliphatic heterocycles. The zero-order valence-corrected chi connectivity index (χ0v) is 13.4. The monoisotopic (exact) mass is 350 g/mol. The van der Waals surface area contributed by atoms with E-state index in [-0.39, 0.29) is 17.1 Å². The van der Waals surface area contributed by atoms with E-state index >= 15 is 0 Å². The van der Waals surface area contributed by atoms with E-state index in [1.54, 1.807) is 0 Å². The summed E-state index contributed by atoms with van der Waals surface area (Å²) in [6, 6.07) is 14.9. The number of hydrogen-bond acceptors (Lipinski definition) is 6. The summed E-state index contributed by atoms with van der Waals surface area (Å²) >= 11 is 0. The lowest BCUT2D eigenvalue weighted by Crippen LogP contribution is -2.18. The van der Waals surface area contributed by atoms with E-state index in [2.05, 4.69) is 15.6 Å². The molecule has 0 saturated heterocycles. The fraction of sp³-hybridized carbons (Fsp3) is 0. The molecule has 0 saturated carbocycles. The van der Waals surface area contributed by atoms with Crippen molar-refractivity contribution in [2.24, 2.45) is 5.10 Å². The number of nitrogens with one attached hydrogen (secondary N) is 1. The Labute approximate surface area is 147 Å². The minimum absolute atomic E-state index is 0.0210. The van der Waals surface area contributed by atoms with Crippen molar-refractivity contribution in [3.05, 3.63) is 82.0 Å². The van der Waals surface area contributed by atoms with Gasteiger partial charge in [0, 0.05) is 12.1 Å². The van der Waals surface area contributed by atoms with Crippen LogP contribution in [0.5, 0.6) is 0 Å². The first-order chi connectivity index (χ1) is 12.6. The van der Waals surface area contributed by atoms with E-state index in [0.29, 0.717) is 5.56 Å². The highest BCUT2D eigenvalue weighted by molar-refractivity contribution is 5.98. The third-order valence-corrected chi connectivity index (χ3v) is 3.54. The summed E-state index contributed by atoms with van der Waals surface area (Å²) < 4.78 is 1.45. The number of benzene rings is 2. The molecule has 1 heterocycles. The van der Waals surface area contributed by atoms with Gasteiger partial charge in [0.25, 0.3) is 11.6 Å². The fourth-order valence-corrected chi connectivity index (χ4v) is 2.22. The number of nitrogens with zero attached hydrogens (tertiary/aromatic N) is 4. The third-order valence-electron chi connectivity index (χ3n) is 3.54. The summed E-state index contributed by atoms with van der Waals surface area (Å²) in [5, 5.41) is 18.5. The predicted molar refractivity (Wildman–Crippen MR) is 96.1 cm³/mol. The summed E-state index contributed by atoms with van der Waals surface area (Å²) in [7, 11) is 0. The van der Waals surface area contributed by atoms with Crippen molar-refractivity contribution >= 4 is 23.6 Å². The van der Waals surface area contributed by atoms with Crippen LogP contribution in [-0.4, -0.2) is 26.8 Å². The molecule has 0 bridgehead atoms. The second-order valence-electron chi connectivity index (χ2n) is 5.24. The molecule has 0 unspecified atom stereocenters. The molecule has 0 atom stereocenters. The van der Waals surface area contributed by atoms with Gasteiger partial charge in [0.15, 0.2) is 0 Å². The molecule has 3 aromatic rings. The lowest BCUT2D eigenvalue weighted by Gasteiger charge is -2.04. The van der Waals surface area contributed by atoms with Crippen molar-refractivity contribution in [3.8, 4) is 5.69 Å². The summed E-state index contributed by atoms with van der Waals surface area (Å²) in [6.07, 6.45) is 2.73. The van der Waals surface area contributed by atoms with Gasteiger partial charge in [-0.05, 0) is 29.8 Å². The number of hydrazone groups is 1. The maximum absolute atomic E-state index is 12.2. The number of non-ortho nitro benzene ring substituents is 1. The standard InChI is InChI=1S/C17H14N6O3/c18-16-15(11-20-22(16)13-4-2-1-3-5-13)17(24)21-19-10-12-6-8-14(9-7-12)23(25)26/h1-11H,18H2,(H,21,24)/b19-10-. The van der Waals surface area contributed by atoms with Gasteiger partial charge in [0.05, 0.1) is 23.0 Å². The highest BCUT2D eigenvalue weighted by atomic mass is 16.6. The van der Waals surface area contributed by atoms with E-state index in [4.69, 9.17) is 5.73 Å². The first kappa shape index (κ1) is 16.8. The number of rotatable bonds is 5. The minimum atomic E-state index is -0.511. The molecule has 9 heteroatoms. The predicted octanol–water partition coefficient (Wildman–Crippen LogP) is 2.13. The number of amides is 1. The van der Waals surface area contributed by atoms with Crippen molar-refractivity contribution in [1.82, 2.24) is 15.2 Å². The molecule has 1 aromatic heterocycles. The first-order valence-corrected chi connectivity index (χ1v) is 7.53. The van der Waals surface area contributed by atoms with Crippen molar-refractivity contribution in [1.29, 1.82) is 0 Å². The number of nitro benzene ring substituents is 1. The van der Waals surface area contributed by atoms with Gasteiger partial charge in [-0.1, -0.05) is 18.2 Å². The smallest absolute Gasteiger partial charge is 0.276 e. The Kier molecular flexibility index (Phi) is 4.70. The number of anilines is 1. The maximum atomic E-state index is 12.2. The molecule has 3 N–H and O–H groups in total. The average Bonchev–Trinajstić information content (AvgIpc) is 3.04. The Hall–Kier alpha value is -4.01. The van der Waals surface area contributed by atoms with Crippen LogP contribution in [0.3, 0.4) is 0 Å². The van der Waals surface area contributed by atoms with Gasteiger partial charge in [-0.2, -0.15) is 10.2 Å². The third kappa shape index (κ3) is 3.56. The van der Waals surface area contributed by atoms with Gasteiger partial charge in [-0.25, -0.2) is 10.1 Å². The Morgan fingerprint density at radius 1 is 1.19 bits per heavy atom. The highest BCUT2D eigenvalue weighted by Crippen LogP contribution is 2.16. The zero-order chi connectivity index (χ0) is 18.5. The SMILES string of the molecule is Nc1c(C(=O)N/N=C\c2ccc([N+](=O)[O-])cc2)cnn1-c1ccccc1. The van der Waals surface area contributed by atoms with Gasteiger partial charge < -0.3 is 5.73 Å². The molecule has 3 rings (SSSR count). The number of carbonyl (C=O) groups excluding carboxylic acids is 1. The fourth-order valence-electron chi connectivity index (χ4n) is 2.22. The van der Waals surface area contributed by atoms with Gasteiger partial charge >= 0.3 is 0 Å². The second-order valence-corrected chi connectivity index (χ2v) is 5.24. The molecule has 26 heavy (non-hydrogen) atoms. The Morgan fingerprint density at radius 2 is 1.88 bits per heavy atom. The topological polar surface area (TPSA) is 128 Å². The molecule has 0 aliphatic rings. The molecular formula is C17H14N6O3. The summed E-state index contributed by atoms with van der Waals surface area (Å²) in [5.74, 6) is -0.318. The van der Waals surface area contributed by atoms with Crippen LogP contribution in [0, 0.1) is 10.1 Å². The van der Waals surface area contributed by atoms with Gasteiger partial charge in [0.2, 0.25) is 0 Å². The molecular weight excluding hydrogens is 336 g/mol. The number of nitro groups is 1. The average molecular weight is 350 g/mol. The van der Waals surface area contributed by atoms with Gasteiger partial charge in [-0.15, -0.1) is 0 Å². The van der Waals surface area contributed by atoms with Crippen LogP contribution in [0.15, 0.2) is 65.9 Å². The Morgan fingerprint density at radius 3 is 2.54 bits per heavy atom. The summed E-state index contributed by atoms with van der Waals surface area (Å²) in [4.78, 5) is 22.3. The van der Waals surface area contributed by atoms with Crippen LogP contribution in [-0.2, 0) is 0 Å². The van der Waals surface area contributed by atoms with Crippen LogP contribution in [0.1, 0.15) is 15.9 Å². The molecule has 2 aromatic carbocycles. The number of hydrogen-bond donors (Lipinski definition) is 2. The molecule has 1 amide bonds. The van der Waals surface area contributed by atoms with Crippen LogP contribution in [0.2, 0.25) is 0 Å². The first-order valence-electron chi connectivity index (χ1n) is 7.53. The summed E-state index contributed by atoms with van der Waals surface area (Å²) in [5.41, 5.74) is 9.85. The maximum Gasteiger partial charge on any atom is 0.276 e. The van der Waals surface area contributed by atoms with Crippen LogP contribution >= 0.6 is 0 Å². The van der Waals surface area contributed by atoms with E-state index < -0.39 is 10.8 Å². The highest BCUT2D eigenvalue weighted by Gasteiger charge is 2.15. The zero-order valence-electron chi connectivity index (χ0n) is 13.4. The van der Waals surface area contributed by atoms with E-state index in [9.17, 15) is 14.9 Å². The molecule has 0 fully saturated rings. The number of aromatic nitrogens is 2. The molecule has 0 radical (unpaired) electrons. The Bertz CT molecular complexity index is 964. The van der Waals surface area contributed by atoms with Gasteiger partial charge in [-0.3, -0.25) is 14.9 Å². The normalized spacial score (nSPS) is 10.8. The number of nitrogens with two attached hydrogens (primary N) is 1. The largest absolute Gasteiger partial charge is 0.383 e. The minimum Gasteiger partial charge on any atom is -0.383 e. The van der Waals surface area contributed by atoms with Crippen LogP contribution < -0.4 is 11.2 Å². The number of nitrogen functional groups attached to an aromatic ring is 1. The molecule has 0 spiro atoms. The lowest BCUT2D eigenvalue weighted by atomic mass is 10.2. The lowest BCUT2D eigenvalue weighted by molar-refractivity contribution is -0.384. The van der Waals surface area contributed by atoms with Crippen molar-refractivity contribution in [3.63, 3.8) is 0 Å². The number of carbonyl (C=O) groups is 1. The van der Waals surface area contributed by atoms with Crippen molar-refractivity contribution < 1.29 is 9.72 Å². The molecule has 0 aliphatic carbocycles. The Balaban J connectivity index is 1.69. The van der Waals surface area contributed by atoms with Crippen LogP contribution in [0.25, 0.3) is 5.69 Å². The molecule has 9 nitrogen and oxygen atoms in total. The molecule has 130 valence electrons. The van der Waals surface area contributed by atoms with Crippen molar-refractivity contribution in [2.45, 2.75) is 0 Å². The van der Waals surface area contributed by atoms with Gasteiger partial charge in [0.1, 0.15) is 11.4 Å². The van der Waals surface area contributed by atoms with E-state index in [1.165, 1.54) is 41.4 Å². The van der Waals surface area contributed by atoms with E-state index in [1.807, 2.05) is 30.3 Å². The summed E-state index contributed by atoms with van der Waals surface area (Å²) in [6.45, 7) is 0. The second kappa shape index (κ2) is 7.26. The number of para-hydroxylation sites is 1. The van der Waals surface area contributed by atoms with Crippen molar-refractivity contribution in [2.75, 3.05) is 5.73 Å². The van der Waals surface area contributed by atoms with Crippen LogP contribution in [0.4, 0.5) is 11.5 Å². The van der Waals surface area contributed by atoms with E-state index in [0.717, 1.165) is 5.69 Å².